The summed E-state index contributed by atoms with van der Waals surface area (Å²) in [6, 6.07) is 6.55. The van der Waals surface area contributed by atoms with Crippen LogP contribution in [-0.2, 0) is 26.1 Å². The first kappa shape index (κ1) is 20.9. The van der Waals surface area contributed by atoms with Gasteiger partial charge in [0.1, 0.15) is 5.82 Å². The summed E-state index contributed by atoms with van der Waals surface area (Å²) in [5, 5.41) is -1.08. The van der Waals surface area contributed by atoms with Crippen molar-refractivity contribution in [3.05, 3.63) is 59.7 Å². The highest BCUT2D eigenvalue weighted by molar-refractivity contribution is 7.96. The predicted octanol–water partition coefficient (Wildman–Crippen LogP) is 1.64. The van der Waals surface area contributed by atoms with Crippen LogP contribution in [0.4, 0.5) is 4.39 Å². The number of sulfone groups is 2. The van der Waals surface area contributed by atoms with Crippen LogP contribution in [0.3, 0.4) is 0 Å². The lowest BCUT2D eigenvalue weighted by molar-refractivity contribution is 0.266. The Bertz CT molecular complexity index is 1060. The Morgan fingerprint density at radius 3 is 2.50 bits per heavy atom. The smallest absolute Gasteiger partial charge is 0.184 e. The zero-order valence-corrected chi connectivity index (χ0v) is 17.4. The van der Waals surface area contributed by atoms with Crippen molar-refractivity contribution in [1.29, 1.82) is 0 Å². The van der Waals surface area contributed by atoms with E-state index in [1.54, 1.807) is 24.3 Å². The first-order chi connectivity index (χ1) is 13.1. The summed E-state index contributed by atoms with van der Waals surface area (Å²) in [6.07, 6.45) is 4.01. The van der Waals surface area contributed by atoms with Crippen molar-refractivity contribution in [2.24, 2.45) is 0 Å². The zero-order valence-electron chi connectivity index (χ0n) is 15.7. The fourth-order valence-corrected chi connectivity index (χ4v) is 8.76. The van der Waals surface area contributed by atoms with Gasteiger partial charge in [-0.3, -0.25) is 4.98 Å². The van der Waals surface area contributed by atoms with Gasteiger partial charge in [-0.1, -0.05) is 0 Å². The molecule has 1 saturated heterocycles. The molecule has 9 heteroatoms. The number of likely N-dealkylation sites (N-methyl/N-ethyl adjacent to an activating group) is 1. The Kier molecular flexibility index (Phi) is 5.88. The normalized spacial score (nSPS) is 21.9. The van der Waals surface area contributed by atoms with Gasteiger partial charge in [-0.15, -0.1) is 0 Å². The summed E-state index contributed by atoms with van der Waals surface area (Å²) >= 11 is 0. The lowest BCUT2D eigenvalue weighted by Gasteiger charge is -2.28. The topological polar surface area (TPSA) is 84.4 Å². The Morgan fingerprint density at radius 2 is 1.86 bits per heavy atom. The molecule has 28 heavy (non-hydrogen) atoms. The molecule has 0 spiro atoms. The van der Waals surface area contributed by atoms with Crippen LogP contribution in [0.15, 0.2) is 47.6 Å². The molecule has 3 rings (SSSR count). The van der Waals surface area contributed by atoms with Gasteiger partial charge in [-0.2, -0.15) is 0 Å². The lowest BCUT2D eigenvalue weighted by Crippen LogP contribution is -2.45. The summed E-state index contributed by atoms with van der Waals surface area (Å²) in [5.74, 6) is -1.15. The molecule has 1 aliphatic rings. The molecule has 0 aliphatic carbocycles. The number of rotatable bonds is 6. The minimum Gasteiger partial charge on any atom is -0.301 e. The molecule has 2 heterocycles. The monoisotopic (exact) mass is 426 g/mol. The average Bonchev–Trinajstić information content (AvgIpc) is 2.97. The van der Waals surface area contributed by atoms with E-state index in [-0.39, 0.29) is 16.2 Å². The van der Waals surface area contributed by atoms with E-state index >= 15 is 0 Å². The van der Waals surface area contributed by atoms with E-state index in [0.29, 0.717) is 13.0 Å². The number of halogens is 1. The van der Waals surface area contributed by atoms with Crippen molar-refractivity contribution >= 4 is 19.7 Å². The molecule has 0 saturated carbocycles. The largest absolute Gasteiger partial charge is 0.301 e. The fourth-order valence-electron chi connectivity index (χ4n) is 3.62. The fraction of sp³-hybridized carbons (Fsp3) is 0.421. The predicted molar refractivity (Wildman–Crippen MR) is 105 cm³/mol. The standard InChI is InChI=1S/C19H23FN2O4S2/c1-14-11-16(20)3-4-18(14)28(25,26)19-13-27(23,24)12-17(19)22(2)10-7-15-5-8-21-9-6-15/h3-6,8-9,11,17,19H,7,10,12-13H2,1-2H3/t17-,19-/m0/s1. The van der Waals surface area contributed by atoms with Crippen molar-refractivity contribution in [2.75, 3.05) is 25.1 Å². The Morgan fingerprint density at radius 1 is 1.18 bits per heavy atom. The second-order valence-electron chi connectivity index (χ2n) is 7.22. The highest BCUT2D eigenvalue weighted by Gasteiger charge is 2.47. The summed E-state index contributed by atoms with van der Waals surface area (Å²) < 4.78 is 64.4. The highest BCUT2D eigenvalue weighted by Crippen LogP contribution is 2.30. The summed E-state index contributed by atoms with van der Waals surface area (Å²) in [4.78, 5) is 5.75. The van der Waals surface area contributed by atoms with Crippen LogP contribution in [0.5, 0.6) is 0 Å². The molecule has 1 fully saturated rings. The van der Waals surface area contributed by atoms with E-state index < -0.39 is 42.5 Å². The number of aryl methyl sites for hydroxylation is 1. The van der Waals surface area contributed by atoms with Gasteiger partial charge in [0.25, 0.3) is 0 Å². The van der Waals surface area contributed by atoms with E-state index in [9.17, 15) is 21.2 Å². The molecule has 0 unspecified atom stereocenters. The first-order valence-corrected chi connectivity index (χ1v) is 12.3. The maximum absolute atomic E-state index is 13.4. The highest BCUT2D eigenvalue weighted by atomic mass is 32.2. The van der Waals surface area contributed by atoms with Crippen LogP contribution in [0.1, 0.15) is 11.1 Å². The van der Waals surface area contributed by atoms with Gasteiger partial charge in [0.15, 0.2) is 19.7 Å². The molecule has 1 aliphatic heterocycles. The Labute approximate surface area is 165 Å². The summed E-state index contributed by atoms with van der Waals surface area (Å²) in [7, 11) is -5.68. The van der Waals surface area contributed by atoms with E-state index in [1.807, 2.05) is 12.1 Å². The maximum atomic E-state index is 13.4. The van der Waals surface area contributed by atoms with Crippen LogP contribution in [0.2, 0.25) is 0 Å². The molecule has 0 N–H and O–H groups in total. The molecule has 2 atom stereocenters. The third kappa shape index (κ3) is 4.42. The summed E-state index contributed by atoms with van der Waals surface area (Å²) in [5.41, 5.74) is 1.32. The van der Waals surface area contributed by atoms with Crippen LogP contribution in [0.25, 0.3) is 0 Å². The minimum absolute atomic E-state index is 0.0106. The molecule has 152 valence electrons. The minimum atomic E-state index is -3.93. The number of hydrogen-bond donors (Lipinski definition) is 0. The van der Waals surface area contributed by atoms with Gasteiger partial charge in [0.05, 0.1) is 21.7 Å². The molecule has 0 radical (unpaired) electrons. The zero-order chi connectivity index (χ0) is 20.5. The Balaban J connectivity index is 1.87. The van der Waals surface area contributed by atoms with Crippen molar-refractivity contribution in [1.82, 2.24) is 9.88 Å². The summed E-state index contributed by atoms with van der Waals surface area (Å²) in [6.45, 7) is 2.03. The van der Waals surface area contributed by atoms with E-state index in [1.165, 1.54) is 13.0 Å². The molecule has 0 amide bonds. The molecular weight excluding hydrogens is 403 g/mol. The van der Waals surface area contributed by atoms with Crippen molar-refractivity contribution in [2.45, 2.75) is 29.5 Å². The SMILES string of the molecule is Cc1cc(F)ccc1S(=O)(=O)[C@H]1CS(=O)(=O)C[C@@H]1N(C)CCc1ccncc1. The molecule has 1 aromatic heterocycles. The quantitative estimate of drug-likeness (QED) is 0.653. The van der Waals surface area contributed by atoms with Gasteiger partial charge in [-0.25, -0.2) is 21.2 Å². The Hall–Kier alpha value is -1.84. The van der Waals surface area contributed by atoms with Gasteiger partial charge < -0.3 is 4.90 Å². The molecule has 2 aromatic rings. The van der Waals surface area contributed by atoms with Crippen LogP contribution in [-0.4, -0.2) is 63.1 Å². The van der Waals surface area contributed by atoms with Crippen LogP contribution < -0.4 is 0 Å². The second kappa shape index (κ2) is 7.88. The third-order valence-electron chi connectivity index (χ3n) is 5.18. The van der Waals surface area contributed by atoms with Crippen LogP contribution in [0, 0.1) is 12.7 Å². The van der Waals surface area contributed by atoms with E-state index in [2.05, 4.69) is 4.98 Å². The van der Waals surface area contributed by atoms with Gasteiger partial charge in [-0.05, 0) is 61.9 Å². The third-order valence-corrected chi connectivity index (χ3v) is 9.46. The number of hydrogen-bond acceptors (Lipinski definition) is 6. The molecule has 6 nitrogen and oxygen atoms in total. The van der Waals surface area contributed by atoms with Crippen molar-refractivity contribution in [3.8, 4) is 0 Å². The molecular formula is C19H23FN2O4S2. The van der Waals surface area contributed by atoms with Crippen molar-refractivity contribution < 1.29 is 21.2 Å². The van der Waals surface area contributed by atoms with Gasteiger partial charge in [0.2, 0.25) is 0 Å². The number of aromatic nitrogens is 1. The first-order valence-electron chi connectivity index (χ1n) is 8.90. The molecule has 1 aromatic carbocycles. The molecule has 0 bridgehead atoms. The lowest BCUT2D eigenvalue weighted by atomic mass is 10.1. The average molecular weight is 427 g/mol. The van der Waals surface area contributed by atoms with Gasteiger partial charge in [0, 0.05) is 25.0 Å². The number of pyridine rings is 1. The maximum Gasteiger partial charge on any atom is 0.184 e. The van der Waals surface area contributed by atoms with E-state index in [0.717, 1.165) is 17.7 Å². The second-order valence-corrected chi connectivity index (χ2v) is 11.5. The number of nitrogens with zero attached hydrogens (tertiary/aromatic N) is 2. The van der Waals surface area contributed by atoms with Crippen molar-refractivity contribution in [3.63, 3.8) is 0 Å². The van der Waals surface area contributed by atoms with Gasteiger partial charge >= 0.3 is 0 Å². The van der Waals surface area contributed by atoms with E-state index in [4.69, 9.17) is 0 Å². The van der Waals surface area contributed by atoms with Crippen LogP contribution >= 0.6 is 0 Å². The number of benzene rings is 1.